The van der Waals surface area contributed by atoms with E-state index in [0.29, 0.717) is 0 Å². The van der Waals surface area contributed by atoms with Gasteiger partial charge in [-0.25, -0.2) is 0 Å². The molecular formula is C25H56O4P2. The predicted octanol–water partition coefficient (Wildman–Crippen LogP) is 8.68. The number of hydrogen-bond acceptors (Lipinski definition) is 4. The van der Waals surface area contributed by atoms with Crippen molar-refractivity contribution in [2.24, 2.45) is 0 Å². The molecule has 0 heterocycles. The van der Waals surface area contributed by atoms with E-state index in [4.69, 9.17) is 9.05 Å². The summed E-state index contributed by atoms with van der Waals surface area (Å²) in [6.07, 6.45) is 20.6. The third-order valence-corrected chi connectivity index (χ3v) is 11.4. The summed E-state index contributed by atoms with van der Waals surface area (Å²) in [4.78, 5) is 11.5. The SMILES string of the molecule is CCCCCCCCOP(=O)([O-])OCCCCCCCC.CCC[P+](C)(CC)CCC. The summed E-state index contributed by atoms with van der Waals surface area (Å²) in [6, 6.07) is 0. The summed E-state index contributed by atoms with van der Waals surface area (Å²) in [7, 11) is -4.52. The van der Waals surface area contributed by atoms with Crippen LogP contribution in [-0.2, 0) is 13.6 Å². The first-order valence-electron chi connectivity index (χ1n) is 13.2. The molecule has 190 valence electrons. The fraction of sp³-hybridized carbons (Fsp3) is 1.00. The van der Waals surface area contributed by atoms with Gasteiger partial charge in [-0.1, -0.05) is 91.9 Å². The van der Waals surface area contributed by atoms with Crippen LogP contribution in [0.2, 0.25) is 0 Å². The minimum absolute atomic E-state index is 0.253. The molecule has 0 bridgehead atoms. The Balaban J connectivity index is 0. The fourth-order valence-corrected chi connectivity index (χ4v) is 7.46. The largest absolute Gasteiger partial charge is 0.756 e. The van der Waals surface area contributed by atoms with Crippen LogP contribution in [0, 0.1) is 0 Å². The highest BCUT2D eigenvalue weighted by atomic mass is 31.2. The first-order valence-corrected chi connectivity index (χ1v) is 17.5. The molecule has 0 atom stereocenters. The molecule has 0 aliphatic heterocycles. The van der Waals surface area contributed by atoms with Gasteiger partial charge in [0.25, 0.3) is 7.82 Å². The van der Waals surface area contributed by atoms with E-state index >= 15 is 0 Å². The highest BCUT2D eigenvalue weighted by Crippen LogP contribution is 2.55. The molecule has 0 N–H and O–H groups in total. The van der Waals surface area contributed by atoms with Gasteiger partial charge in [-0.05, 0) is 32.6 Å². The number of phosphoric ester groups is 1. The second-order valence-corrected chi connectivity index (χ2v) is 15.2. The molecule has 0 radical (unpaired) electrons. The van der Waals surface area contributed by atoms with Crippen molar-refractivity contribution >= 4 is 15.1 Å². The Bertz CT molecular complexity index is 377. The summed E-state index contributed by atoms with van der Waals surface area (Å²) < 4.78 is 21.2. The molecule has 0 aliphatic rings. The Morgan fingerprint density at radius 3 is 1.29 bits per heavy atom. The van der Waals surface area contributed by atoms with Crippen LogP contribution >= 0.6 is 15.1 Å². The lowest BCUT2D eigenvalue weighted by molar-refractivity contribution is -0.225. The molecule has 0 saturated heterocycles. The topological polar surface area (TPSA) is 58.6 Å². The van der Waals surface area contributed by atoms with E-state index in [1.54, 1.807) is 0 Å². The molecule has 0 aromatic rings. The number of hydrogen-bond donors (Lipinski definition) is 0. The maximum atomic E-state index is 11.5. The number of phosphoric acid groups is 1. The van der Waals surface area contributed by atoms with Gasteiger partial charge in [0.1, 0.15) is 0 Å². The van der Waals surface area contributed by atoms with Crippen LogP contribution < -0.4 is 4.89 Å². The lowest BCUT2D eigenvalue weighted by atomic mass is 10.1. The van der Waals surface area contributed by atoms with Crippen molar-refractivity contribution in [1.82, 2.24) is 0 Å². The minimum atomic E-state index is -4.07. The Kier molecular flexibility index (Phi) is 25.8. The summed E-state index contributed by atoms with van der Waals surface area (Å²) >= 11 is 0. The lowest BCUT2D eigenvalue weighted by Crippen LogP contribution is -2.10. The van der Waals surface area contributed by atoms with Gasteiger partial charge in [-0.2, -0.15) is 0 Å². The minimum Gasteiger partial charge on any atom is -0.756 e. The lowest BCUT2D eigenvalue weighted by Gasteiger charge is -2.22. The van der Waals surface area contributed by atoms with Gasteiger partial charge in [0.2, 0.25) is 0 Å². The van der Waals surface area contributed by atoms with Crippen molar-refractivity contribution < 1.29 is 18.5 Å². The molecule has 0 aromatic heterocycles. The van der Waals surface area contributed by atoms with Gasteiger partial charge in [0.05, 0.1) is 31.7 Å². The van der Waals surface area contributed by atoms with Gasteiger partial charge in [-0.3, -0.25) is 4.57 Å². The number of unbranched alkanes of at least 4 members (excludes halogenated alkanes) is 10. The Labute approximate surface area is 196 Å². The first kappa shape index (κ1) is 33.7. The van der Waals surface area contributed by atoms with Gasteiger partial charge in [-0.15, -0.1) is 0 Å². The van der Waals surface area contributed by atoms with Gasteiger partial charge in [0, 0.05) is 13.9 Å². The van der Waals surface area contributed by atoms with E-state index in [-0.39, 0.29) is 13.2 Å². The van der Waals surface area contributed by atoms with Crippen LogP contribution in [0.15, 0.2) is 0 Å². The molecule has 0 saturated carbocycles. The van der Waals surface area contributed by atoms with Gasteiger partial charge < -0.3 is 13.9 Å². The highest BCUT2D eigenvalue weighted by Gasteiger charge is 2.25. The molecule has 0 aliphatic carbocycles. The van der Waals surface area contributed by atoms with E-state index in [0.717, 1.165) is 38.5 Å². The normalized spacial score (nSPS) is 12.0. The first-order chi connectivity index (χ1) is 14.8. The van der Waals surface area contributed by atoms with Gasteiger partial charge >= 0.3 is 0 Å². The van der Waals surface area contributed by atoms with Crippen LogP contribution in [-0.4, -0.2) is 38.4 Å². The highest BCUT2D eigenvalue weighted by molar-refractivity contribution is 7.75. The Morgan fingerprint density at radius 1 is 0.613 bits per heavy atom. The van der Waals surface area contributed by atoms with Crippen molar-refractivity contribution in [2.45, 2.75) is 125 Å². The van der Waals surface area contributed by atoms with E-state index in [1.807, 2.05) is 0 Å². The van der Waals surface area contributed by atoms with E-state index in [9.17, 15) is 9.46 Å². The third kappa shape index (κ3) is 25.0. The van der Waals surface area contributed by atoms with Crippen LogP contribution in [0.5, 0.6) is 0 Å². The van der Waals surface area contributed by atoms with Crippen LogP contribution in [0.25, 0.3) is 0 Å². The fourth-order valence-electron chi connectivity index (χ4n) is 3.66. The standard InChI is InChI=1S/C16H35O4P.C9H22P/c1-3-5-7-9-11-13-15-19-21(17,18)20-16-14-12-10-8-6-4-2;1-5-8-10(4,7-3)9-6-2/h3-16H2,1-2H3,(H,17,18);5-9H2,1-4H3/q;+1/p-1. The zero-order valence-electron chi connectivity index (χ0n) is 22.0. The molecule has 0 unspecified atom stereocenters. The average molecular weight is 483 g/mol. The van der Waals surface area contributed by atoms with Crippen molar-refractivity contribution in [3.05, 3.63) is 0 Å². The van der Waals surface area contributed by atoms with Crippen LogP contribution in [0.4, 0.5) is 0 Å². The average Bonchev–Trinajstić information content (AvgIpc) is 2.73. The van der Waals surface area contributed by atoms with Crippen LogP contribution in [0.3, 0.4) is 0 Å². The smallest absolute Gasteiger partial charge is 0.267 e. The number of rotatable bonds is 21. The van der Waals surface area contributed by atoms with Crippen LogP contribution in [0.1, 0.15) is 125 Å². The summed E-state index contributed by atoms with van der Waals surface area (Å²) in [5.41, 5.74) is 0. The van der Waals surface area contributed by atoms with E-state index in [2.05, 4.69) is 41.3 Å². The molecule has 0 rings (SSSR count). The Hall–Kier alpha value is 0.540. The zero-order valence-corrected chi connectivity index (χ0v) is 23.8. The Morgan fingerprint density at radius 2 is 0.968 bits per heavy atom. The molecule has 0 amide bonds. The van der Waals surface area contributed by atoms with Crippen molar-refractivity contribution in [2.75, 3.05) is 38.4 Å². The van der Waals surface area contributed by atoms with Gasteiger partial charge in [0.15, 0.2) is 0 Å². The second kappa shape index (κ2) is 23.7. The molecule has 6 heteroatoms. The molecule has 0 fully saturated rings. The molecular weight excluding hydrogens is 426 g/mol. The second-order valence-electron chi connectivity index (χ2n) is 9.03. The maximum absolute atomic E-state index is 11.5. The quantitative estimate of drug-likeness (QED) is 0.121. The van der Waals surface area contributed by atoms with Crippen molar-refractivity contribution in [3.63, 3.8) is 0 Å². The summed E-state index contributed by atoms with van der Waals surface area (Å²) in [5.74, 6) is 0. The maximum Gasteiger partial charge on any atom is 0.267 e. The van der Waals surface area contributed by atoms with E-state index in [1.165, 1.54) is 69.9 Å². The monoisotopic (exact) mass is 482 g/mol. The summed E-state index contributed by atoms with van der Waals surface area (Å²) in [6.45, 7) is 14.4. The zero-order chi connectivity index (χ0) is 23.8. The van der Waals surface area contributed by atoms with Crippen molar-refractivity contribution in [1.29, 1.82) is 0 Å². The molecule has 4 nitrogen and oxygen atoms in total. The third-order valence-electron chi connectivity index (χ3n) is 5.78. The molecule has 0 spiro atoms. The predicted molar refractivity (Wildman–Crippen MR) is 140 cm³/mol. The van der Waals surface area contributed by atoms with E-state index < -0.39 is 15.1 Å². The molecule has 31 heavy (non-hydrogen) atoms. The van der Waals surface area contributed by atoms with Crippen molar-refractivity contribution in [3.8, 4) is 0 Å². The summed E-state index contributed by atoms with van der Waals surface area (Å²) in [5, 5.41) is 0. The molecule has 0 aromatic carbocycles.